The van der Waals surface area contributed by atoms with E-state index in [1.54, 1.807) is 23.1 Å². The first-order valence-corrected chi connectivity index (χ1v) is 10.4. The predicted octanol–water partition coefficient (Wildman–Crippen LogP) is 2.33. The number of hydrogen-bond donors (Lipinski definition) is 2. The van der Waals surface area contributed by atoms with Crippen LogP contribution in [0.1, 0.15) is 28.8 Å². The molecule has 2 aromatic carbocycles. The van der Waals surface area contributed by atoms with Crippen molar-refractivity contribution in [1.82, 2.24) is 10.6 Å². The van der Waals surface area contributed by atoms with Crippen LogP contribution in [0.4, 0.5) is 11.4 Å². The average Bonchev–Trinajstić information content (AvgIpc) is 3.18. The third kappa shape index (κ3) is 4.41. The van der Waals surface area contributed by atoms with E-state index in [1.807, 2.05) is 29.2 Å². The Bertz CT molecular complexity index is 977. The van der Waals surface area contributed by atoms with Crippen LogP contribution in [0, 0.1) is 0 Å². The van der Waals surface area contributed by atoms with Gasteiger partial charge in [-0.1, -0.05) is 23.7 Å². The number of hydrogen-bond acceptors (Lipinski definition) is 4. The van der Waals surface area contributed by atoms with Crippen molar-refractivity contribution in [1.29, 1.82) is 0 Å². The smallest absolute Gasteiger partial charge is 0.253 e. The van der Waals surface area contributed by atoms with Crippen molar-refractivity contribution in [3.63, 3.8) is 0 Å². The first-order valence-electron chi connectivity index (χ1n) is 10.00. The summed E-state index contributed by atoms with van der Waals surface area (Å²) in [6.07, 6.45) is 1.26. The lowest BCUT2D eigenvalue weighted by atomic mass is 10.1. The Balaban J connectivity index is 1.42. The molecule has 4 rings (SSSR count). The topological polar surface area (TPSA) is 81.8 Å². The molecule has 0 radical (unpaired) electrons. The number of amides is 3. The zero-order valence-corrected chi connectivity index (χ0v) is 17.2. The molecule has 0 bridgehead atoms. The Labute approximate surface area is 180 Å². The summed E-state index contributed by atoms with van der Waals surface area (Å²) in [7, 11) is 0. The molecule has 2 aromatic rings. The lowest BCUT2D eigenvalue weighted by Crippen LogP contribution is -2.47. The summed E-state index contributed by atoms with van der Waals surface area (Å²) >= 11 is 6.11. The number of halogens is 1. The van der Waals surface area contributed by atoms with Gasteiger partial charge in [-0.15, -0.1) is 0 Å². The molecule has 0 atom stereocenters. The molecule has 2 saturated heterocycles. The Morgan fingerprint density at radius 2 is 1.90 bits per heavy atom. The molecule has 2 aliphatic heterocycles. The van der Waals surface area contributed by atoms with Gasteiger partial charge >= 0.3 is 0 Å². The van der Waals surface area contributed by atoms with Crippen LogP contribution in [0.2, 0.25) is 5.02 Å². The fourth-order valence-corrected chi connectivity index (χ4v) is 3.95. The van der Waals surface area contributed by atoms with E-state index in [4.69, 9.17) is 11.6 Å². The second kappa shape index (κ2) is 8.75. The van der Waals surface area contributed by atoms with Gasteiger partial charge in [-0.2, -0.15) is 0 Å². The number of piperazine rings is 1. The van der Waals surface area contributed by atoms with Gasteiger partial charge in [0.1, 0.15) is 0 Å². The number of carbonyl (C=O) groups excluding carboxylic acids is 3. The summed E-state index contributed by atoms with van der Waals surface area (Å²) in [6, 6.07) is 12.8. The maximum absolute atomic E-state index is 12.8. The zero-order valence-electron chi connectivity index (χ0n) is 16.5. The van der Waals surface area contributed by atoms with Gasteiger partial charge in [-0.25, -0.2) is 0 Å². The molecule has 0 aromatic heterocycles. The fourth-order valence-electron chi connectivity index (χ4n) is 3.78. The third-order valence-electron chi connectivity index (χ3n) is 5.36. The number of benzene rings is 2. The van der Waals surface area contributed by atoms with Crippen molar-refractivity contribution in [2.24, 2.45) is 0 Å². The number of nitrogens with zero attached hydrogens (tertiary/aromatic N) is 2. The molecule has 7 nitrogen and oxygen atoms in total. The minimum atomic E-state index is -0.252. The van der Waals surface area contributed by atoms with E-state index in [2.05, 4.69) is 10.6 Å². The van der Waals surface area contributed by atoms with Crippen LogP contribution in [0.15, 0.2) is 42.5 Å². The number of nitrogens with one attached hydrogen (secondary N) is 2. The first-order chi connectivity index (χ1) is 14.5. The minimum Gasteiger partial charge on any atom is -0.360 e. The van der Waals surface area contributed by atoms with E-state index in [9.17, 15) is 14.4 Å². The molecule has 2 aliphatic rings. The van der Waals surface area contributed by atoms with Crippen LogP contribution in [0.25, 0.3) is 0 Å². The van der Waals surface area contributed by atoms with Crippen molar-refractivity contribution in [2.45, 2.75) is 19.4 Å². The minimum absolute atomic E-state index is 0.00768. The van der Waals surface area contributed by atoms with E-state index in [-0.39, 0.29) is 17.7 Å². The molecule has 2 heterocycles. The van der Waals surface area contributed by atoms with Gasteiger partial charge in [0.25, 0.3) is 5.91 Å². The normalized spacial score (nSPS) is 16.6. The molecule has 3 amide bonds. The Morgan fingerprint density at radius 1 is 1.10 bits per heavy atom. The van der Waals surface area contributed by atoms with Crippen molar-refractivity contribution in [3.8, 4) is 0 Å². The highest BCUT2D eigenvalue weighted by molar-refractivity contribution is 6.31. The van der Waals surface area contributed by atoms with E-state index in [0.717, 1.165) is 24.2 Å². The Hall–Kier alpha value is -3.06. The molecule has 2 fully saturated rings. The van der Waals surface area contributed by atoms with Gasteiger partial charge < -0.3 is 20.4 Å². The van der Waals surface area contributed by atoms with Crippen LogP contribution in [0.5, 0.6) is 0 Å². The number of rotatable bonds is 5. The number of anilines is 2. The second-order valence-electron chi connectivity index (χ2n) is 7.43. The van der Waals surface area contributed by atoms with Gasteiger partial charge in [0.05, 0.1) is 17.8 Å². The van der Waals surface area contributed by atoms with Gasteiger partial charge in [-0.3, -0.25) is 14.4 Å². The van der Waals surface area contributed by atoms with Crippen LogP contribution >= 0.6 is 11.6 Å². The fraction of sp³-hybridized carbons (Fsp3) is 0.318. The largest absolute Gasteiger partial charge is 0.360 e. The highest BCUT2D eigenvalue weighted by atomic mass is 35.5. The summed E-state index contributed by atoms with van der Waals surface area (Å²) < 4.78 is 0. The van der Waals surface area contributed by atoms with Gasteiger partial charge in [0, 0.05) is 43.3 Å². The molecular formula is C22H23ClN4O3. The van der Waals surface area contributed by atoms with Crippen LogP contribution in [0.3, 0.4) is 0 Å². The number of carbonyl (C=O) groups is 3. The van der Waals surface area contributed by atoms with E-state index < -0.39 is 0 Å². The van der Waals surface area contributed by atoms with Gasteiger partial charge in [0.15, 0.2) is 0 Å². The summed E-state index contributed by atoms with van der Waals surface area (Å²) in [4.78, 5) is 40.2. The Kier molecular flexibility index (Phi) is 5.90. The zero-order chi connectivity index (χ0) is 21.1. The molecular weight excluding hydrogens is 404 g/mol. The quantitative estimate of drug-likeness (QED) is 0.768. The summed E-state index contributed by atoms with van der Waals surface area (Å²) in [5.74, 6) is -0.223. The molecule has 0 unspecified atom stereocenters. The van der Waals surface area contributed by atoms with Crippen molar-refractivity contribution in [2.75, 3.05) is 36.0 Å². The van der Waals surface area contributed by atoms with Crippen LogP contribution < -0.4 is 20.4 Å². The third-order valence-corrected chi connectivity index (χ3v) is 5.60. The van der Waals surface area contributed by atoms with Crippen LogP contribution in [-0.4, -0.2) is 43.9 Å². The van der Waals surface area contributed by atoms with Gasteiger partial charge in [-0.05, 0) is 42.3 Å². The predicted molar refractivity (Wildman–Crippen MR) is 116 cm³/mol. The molecule has 30 heavy (non-hydrogen) atoms. The van der Waals surface area contributed by atoms with E-state index in [0.29, 0.717) is 48.9 Å². The van der Waals surface area contributed by atoms with E-state index >= 15 is 0 Å². The lowest BCUT2D eigenvalue weighted by molar-refractivity contribution is -0.120. The van der Waals surface area contributed by atoms with Crippen LogP contribution in [-0.2, 0) is 16.1 Å². The van der Waals surface area contributed by atoms with Crippen molar-refractivity contribution >= 4 is 40.7 Å². The summed E-state index contributed by atoms with van der Waals surface area (Å²) in [5.41, 5.74) is 2.92. The summed E-state index contributed by atoms with van der Waals surface area (Å²) in [6.45, 7) is 2.71. The van der Waals surface area contributed by atoms with Crippen molar-refractivity contribution < 1.29 is 14.4 Å². The Morgan fingerprint density at radius 3 is 2.60 bits per heavy atom. The average molecular weight is 427 g/mol. The maximum atomic E-state index is 12.8. The SMILES string of the molecule is O=C1CN(c2ccc(CNC(=O)c3ccc(Cl)cc3N3CCCC3=O)cc2)CCN1. The first kappa shape index (κ1) is 20.2. The monoisotopic (exact) mass is 426 g/mol. The lowest BCUT2D eigenvalue weighted by Gasteiger charge is -2.28. The highest BCUT2D eigenvalue weighted by Gasteiger charge is 2.26. The highest BCUT2D eigenvalue weighted by Crippen LogP contribution is 2.28. The molecule has 0 aliphatic carbocycles. The standard InChI is InChI=1S/C22H23ClN4O3/c23-16-5-8-18(19(12-16)27-10-1-2-21(27)29)22(30)25-13-15-3-6-17(7-4-15)26-11-9-24-20(28)14-26/h3-8,12H,1-2,9-11,13-14H2,(H,24,28)(H,25,30). The molecule has 0 saturated carbocycles. The maximum Gasteiger partial charge on any atom is 0.253 e. The summed E-state index contributed by atoms with van der Waals surface area (Å²) in [5, 5.41) is 6.22. The van der Waals surface area contributed by atoms with E-state index in [1.165, 1.54) is 0 Å². The van der Waals surface area contributed by atoms with Crippen molar-refractivity contribution in [3.05, 3.63) is 58.6 Å². The second-order valence-corrected chi connectivity index (χ2v) is 7.87. The van der Waals surface area contributed by atoms with Gasteiger partial charge in [0.2, 0.25) is 11.8 Å². The molecule has 156 valence electrons. The molecule has 8 heteroatoms. The molecule has 2 N–H and O–H groups in total. The molecule has 0 spiro atoms.